The van der Waals surface area contributed by atoms with Crippen molar-refractivity contribution in [3.63, 3.8) is 0 Å². The average molecular weight is 406 g/mol. The number of anilines is 1. The molecule has 2 aliphatic rings. The number of carbonyl (C=O) groups excluding carboxylic acids is 1. The number of halogens is 3. The Balaban J connectivity index is 1.58. The highest BCUT2D eigenvalue weighted by atomic mass is 32.2. The molecule has 3 heterocycles. The zero-order chi connectivity index (χ0) is 19.8. The molecule has 11 heteroatoms. The highest BCUT2D eigenvalue weighted by Gasteiger charge is 2.35. The number of amides is 1. The van der Waals surface area contributed by atoms with E-state index >= 15 is 0 Å². The summed E-state index contributed by atoms with van der Waals surface area (Å²) in [5, 5.41) is 2.87. The molecule has 1 aromatic rings. The molecule has 1 amide bonds. The number of hydrogen-bond donors (Lipinski definition) is 1. The van der Waals surface area contributed by atoms with Gasteiger partial charge in [-0.25, -0.2) is 18.4 Å². The van der Waals surface area contributed by atoms with Crippen molar-refractivity contribution in [1.29, 1.82) is 0 Å². The van der Waals surface area contributed by atoms with Crippen LogP contribution in [0.15, 0.2) is 6.07 Å². The van der Waals surface area contributed by atoms with Gasteiger partial charge in [0.25, 0.3) is 0 Å². The first-order valence-electron chi connectivity index (χ1n) is 8.72. The van der Waals surface area contributed by atoms with Gasteiger partial charge < -0.3 is 10.2 Å². The molecule has 150 valence electrons. The van der Waals surface area contributed by atoms with Crippen LogP contribution < -0.4 is 10.2 Å². The summed E-state index contributed by atoms with van der Waals surface area (Å²) >= 11 is 0. The summed E-state index contributed by atoms with van der Waals surface area (Å²) in [4.78, 5) is 21.5. The largest absolute Gasteiger partial charge is 0.433 e. The number of alkyl halides is 3. The molecule has 1 N–H and O–H groups in total. The van der Waals surface area contributed by atoms with E-state index < -0.39 is 27.6 Å². The maximum Gasteiger partial charge on any atom is 0.433 e. The Labute approximate surface area is 155 Å². The minimum atomic E-state index is -4.53. The summed E-state index contributed by atoms with van der Waals surface area (Å²) in [6.07, 6.45) is -3.09. The van der Waals surface area contributed by atoms with Gasteiger partial charge in [-0.1, -0.05) is 0 Å². The van der Waals surface area contributed by atoms with Gasteiger partial charge in [0.15, 0.2) is 9.84 Å². The first kappa shape index (κ1) is 19.8. The van der Waals surface area contributed by atoms with Crippen LogP contribution in [0.3, 0.4) is 0 Å². The molecule has 3 rings (SSSR count). The van der Waals surface area contributed by atoms with Crippen molar-refractivity contribution in [3.05, 3.63) is 17.6 Å². The molecule has 0 bridgehead atoms. The van der Waals surface area contributed by atoms with E-state index in [0.717, 1.165) is 6.07 Å². The lowest BCUT2D eigenvalue weighted by molar-refractivity contribution is -0.141. The van der Waals surface area contributed by atoms with Gasteiger partial charge >= 0.3 is 6.18 Å². The molecule has 1 aromatic heterocycles. The van der Waals surface area contributed by atoms with Crippen LogP contribution in [0.1, 0.15) is 30.8 Å². The third-order valence-corrected chi connectivity index (χ3v) is 6.65. The van der Waals surface area contributed by atoms with Crippen LogP contribution in [0, 0.1) is 12.8 Å². The van der Waals surface area contributed by atoms with Crippen LogP contribution >= 0.6 is 0 Å². The third kappa shape index (κ3) is 4.88. The number of nitrogens with zero attached hydrogens (tertiary/aromatic N) is 3. The first-order chi connectivity index (χ1) is 12.5. The fourth-order valence-electron chi connectivity index (χ4n) is 3.43. The highest BCUT2D eigenvalue weighted by molar-refractivity contribution is 7.91. The summed E-state index contributed by atoms with van der Waals surface area (Å²) in [5.41, 5.74) is -0.970. The van der Waals surface area contributed by atoms with E-state index in [4.69, 9.17) is 0 Å². The van der Waals surface area contributed by atoms with E-state index in [1.165, 1.54) is 6.92 Å². The standard InChI is InChI=1S/C16H21F3N4O3S/c1-10-20-13(16(17,18)19)8-14(21-10)23-5-2-12(3-6-23)22-15(24)11-4-7-27(25,26)9-11/h8,11-12H,2-7,9H2,1H3,(H,22,24)/t11-/m0/s1. The van der Waals surface area contributed by atoms with Gasteiger partial charge in [-0.3, -0.25) is 4.79 Å². The zero-order valence-corrected chi connectivity index (χ0v) is 15.6. The van der Waals surface area contributed by atoms with Gasteiger partial charge in [-0.15, -0.1) is 0 Å². The summed E-state index contributed by atoms with van der Waals surface area (Å²) < 4.78 is 61.7. The van der Waals surface area contributed by atoms with Gasteiger partial charge in [0.05, 0.1) is 17.4 Å². The molecule has 0 saturated carbocycles. The van der Waals surface area contributed by atoms with Crippen molar-refractivity contribution in [2.75, 3.05) is 29.5 Å². The molecule has 2 saturated heterocycles. The molecule has 0 aliphatic carbocycles. The Morgan fingerprint density at radius 1 is 1.22 bits per heavy atom. The van der Waals surface area contributed by atoms with E-state index in [1.54, 1.807) is 4.90 Å². The minimum absolute atomic E-state index is 0.0398. The monoisotopic (exact) mass is 406 g/mol. The van der Waals surface area contributed by atoms with Crippen LogP contribution in [-0.2, 0) is 20.8 Å². The van der Waals surface area contributed by atoms with Crippen LogP contribution in [0.2, 0.25) is 0 Å². The Hall–Kier alpha value is -1.91. The lowest BCUT2D eigenvalue weighted by Crippen LogP contribution is -2.46. The van der Waals surface area contributed by atoms with Crippen LogP contribution in [0.25, 0.3) is 0 Å². The molecular formula is C16H21F3N4O3S. The molecule has 0 radical (unpaired) electrons. The maximum atomic E-state index is 12.9. The fraction of sp³-hybridized carbons (Fsp3) is 0.688. The third-order valence-electron chi connectivity index (χ3n) is 4.88. The highest BCUT2D eigenvalue weighted by Crippen LogP contribution is 2.30. The molecule has 1 atom stereocenters. The number of nitrogens with one attached hydrogen (secondary N) is 1. The van der Waals surface area contributed by atoms with E-state index in [0.29, 0.717) is 32.4 Å². The first-order valence-corrected chi connectivity index (χ1v) is 10.5. The number of piperidine rings is 1. The summed E-state index contributed by atoms with van der Waals surface area (Å²) in [7, 11) is -3.12. The van der Waals surface area contributed by atoms with Crippen LogP contribution in [0.5, 0.6) is 0 Å². The average Bonchev–Trinajstić information content (AvgIpc) is 2.94. The lowest BCUT2D eigenvalue weighted by atomic mass is 10.0. The van der Waals surface area contributed by atoms with E-state index in [2.05, 4.69) is 15.3 Å². The van der Waals surface area contributed by atoms with Crippen molar-refractivity contribution in [2.24, 2.45) is 5.92 Å². The molecule has 27 heavy (non-hydrogen) atoms. The molecule has 7 nitrogen and oxygen atoms in total. The molecule has 0 unspecified atom stereocenters. The number of rotatable bonds is 3. The summed E-state index contributed by atoms with van der Waals surface area (Å²) in [6, 6.07) is 0.817. The number of aromatic nitrogens is 2. The quantitative estimate of drug-likeness (QED) is 0.814. The normalized spacial score (nSPS) is 23.4. The lowest BCUT2D eigenvalue weighted by Gasteiger charge is -2.33. The van der Waals surface area contributed by atoms with Crippen LogP contribution in [-0.4, -0.2) is 54.9 Å². The second-order valence-electron chi connectivity index (χ2n) is 7.03. The van der Waals surface area contributed by atoms with Crippen molar-refractivity contribution < 1.29 is 26.4 Å². The minimum Gasteiger partial charge on any atom is -0.356 e. The molecule has 0 aromatic carbocycles. The topological polar surface area (TPSA) is 92.3 Å². The van der Waals surface area contributed by atoms with E-state index in [9.17, 15) is 26.4 Å². The van der Waals surface area contributed by atoms with Crippen molar-refractivity contribution >= 4 is 21.6 Å². The Morgan fingerprint density at radius 2 is 1.89 bits per heavy atom. The van der Waals surface area contributed by atoms with Crippen molar-refractivity contribution in [2.45, 2.75) is 38.4 Å². The Kier molecular flexibility index (Phi) is 5.33. The Bertz CT molecular complexity index is 821. The van der Waals surface area contributed by atoms with Crippen LogP contribution in [0.4, 0.5) is 19.0 Å². The summed E-state index contributed by atoms with van der Waals surface area (Å²) in [6.45, 7) is 2.31. The Morgan fingerprint density at radius 3 is 2.44 bits per heavy atom. The zero-order valence-electron chi connectivity index (χ0n) is 14.8. The maximum absolute atomic E-state index is 12.9. The second kappa shape index (κ2) is 7.25. The number of hydrogen-bond acceptors (Lipinski definition) is 6. The predicted octanol–water partition coefficient (Wildman–Crippen LogP) is 1.32. The summed E-state index contributed by atoms with van der Waals surface area (Å²) in [5.74, 6) is -0.561. The SMILES string of the molecule is Cc1nc(N2CCC(NC(=O)[C@H]3CCS(=O)(=O)C3)CC2)cc(C(F)(F)F)n1. The van der Waals surface area contributed by atoms with Gasteiger partial charge in [-0.2, -0.15) is 13.2 Å². The smallest absolute Gasteiger partial charge is 0.356 e. The van der Waals surface area contributed by atoms with Crippen molar-refractivity contribution in [1.82, 2.24) is 15.3 Å². The van der Waals surface area contributed by atoms with E-state index in [1.807, 2.05) is 0 Å². The van der Waals surface area contributed by atoms with Crippen molar-refractivity contribution in [3.8, 4) is 0 Å². The molecule has 2 fully saturated rings. The number of carbonyl (C=O) groups is 1. The molecular weight excluding hydrogens is 385 g/mol. The van der Waals surface area contributed by atoms with Gasteiger partial charge in [0, 0.05) is 25.2 Å². The fourth-order valence-corrected chi connectivity index (χ4v) is 5.17. The predicted molar refractivity (Wildman–Crippen MR) is 91.9 cm³/mol. The van der Waals surface area contributed by atoms with Gasteiger partial charge in [-0.05, 0) is 26.2 Å². The molecule has 2 aliphatic heterocycles. The number of aryl methyl sites for hydroxylation is 1. The van der Waals surface area contributed by atoms with Gasteiger partial charge in [0.1, 0.15) is 17.3 Å². The number of sulfone groups is 1. The molecule has 0 spiro atoms. The van der Waals surface area contributed by atoms with Gasteiger partial charge in [0.2, 0.25) is 5.91 Å². The van der Waals surface area contributed by atoms with E-state index in [-0.39, 0.29) is 35.1 Å². The second-order valence-corrected chi connectivity index (χ2v) is 9.25.